The summed E-state index contributed by atoms with van der Waals surface area (Å²) in [7, 11) is 0. The van der Waals surface area contributed by atoms with Gasteiger partial charge in [0.05, 0.1) is 5.41 Å². The molecule has 1 unspecified atom stereocenters. The van der Waals surface area contributed by atoms with E-state index >= 15 is 0 Å². The van der Waals surface area contributed by atoms with Gasteiger partial charge in [-0.15, -0.1) is 0 Å². The lowest BCUT2D eigenvalue weighted by Gasteiger charge is -2.34. The van der Waals surface area contributed by atoms with E-state index in [1.807, 2.05) is 0 Å². The van der Waals surface area contributed by atoms with Crippen molar-refractivity contribution in [1.82, 2.24) is 0 Å². The first-order valence-corrected chi connectivity index (χ1v) is 26.5. The highest BCUT2D eigenvalue weighted by Crippen LogP contribution is 2.59. The highest BCUT2D eigenvalue weighted by Gasteiger charge is 2.47. The van der Waals surface area contributed by atoms with Gasteiger partial charge in [0.15, 0.2) is 0 Å². The first-order chi connectivity index (χ1) is 37.5. The van der Waals surface area contributed by atoms with Crippen molar-refractivity contribution in [1.29, 1.82) is 0 Å². The SMILES string of the molecule is CC1(C)c2cc(N(c3ccc(C4(c5ccccc5)c5ccccc5-c5c(-c6cccc7ccccc67)cccc54)cc3)c3ccc4oc5cccc(-c6ccccc6)c5c4c3)ccc2-c2c(-c3ccccc3)cccc21. The number of hydrogen-bond donors (Lipinski definition) is 0. The quantitative estimate of drug-likeness (QED) is 0.151. The molecule has 0 bridgehead atoms. The smallest absolute Gasteiger partial charge is 0.136 e. The van der Waals surface area contributed by atoms with Crippen LogP contribution >= 0.6 is 0 Å². The molecule has 2 heteroatoms. The number of furan rings is 1. The van der Waals surface area contributed by atoms with Crippen molar-refractivity contribution >= 4 is 49.8 Å². The molecule has 15 rings (SSSR count). The van der Waals surface area contributed by atoms with Crippen molar-refractivity contribution in [2.45, 2.75) is 24.7 Å². The monoisotopic (exact) mass is 969 g/mol. The second-order valence-corrected chi connectivity index (χ2v) is 21.1. The number of benzene rings is 12. The first kappa shape index (κ1) is 44.0. The van der Waals surface area contributed by atoms with Crippen molar-refractivity contribution < 1.29 is 4.42 Å². The van der Waals surface area contributed by atoms with Crippen LogP contribution in [-0.2, 0) is 10.8 Å². The van der Waals surface area contributed by atoms with Crippen LogP contribution in [0.3, 0.4) is 0 Å². The minimum atomic E-state index is -0.598. The Kier molecular flexibility index (Phi) is 9.86. The van der Waals surface area contributed by atoms with Crippen LogP contribution in [0.5, 0.6) is 0 Å². The molecule has 2 nitrogen and oxygen atoms in total. The van der Waals surface area contributed by atoms with Crippen LogP contribution in [0.15, 0.2) is 277 Å². The van der Waals surface area contributed by atoms with Crippen LogP contribution in [0.25, 0.3) is 88.3 Å². The van der Waals surface area contributed by atoms with Crippen LogP contribution in [0, 0.1) is 0 Å². The van der Waals surface area contributed by atoms with Gasteiger partial charge < -0.3 is 9.32 Å². The summed E-state index contributed by atoms with van der Waals surface area (Å²) in [6.07, 6.45) is 0. The van der Waals surface area contributed by atoms with Crippen molar-refractivity contribution in [3.8, 4) is 55.6 Å². The molecule has 358 valence electrons. The summed E-state index contributed by atoms with van der Waals surface area (Å²) in [5, 5.41) is 4.69. The second-order valence-electron chi connectivity index (χ2n) is 21.1. The molecule has 0 spiro atoms. The maximum absolute atomic E-state index is 6.65. The van der Waals surface area contributed by atoms with E-state index in [0.717, 1.165) is 50.1 Å². The van der Waals surface area contributed by atoms with Gasteiger partial charge in [0.2, 0.25) is 0 Å². The van der Waals surface area contributed by atoms with Gasteiger partial charge in [0, 0.05) is 33.2 Å². The molecule has 1 heterocycles. The zero-order valence-electron chi connectivity index (χ0n) is 42.3. The zero-order valence-corrected chi connectivity index (χ0v) is 42.3. The van der Waals surface area contributed by atoms with E-state index in [1.165, 1.54) is 88.7 Å². The summed E-state index contributed by atoms with van der Waals surface area (Å²) in [5.41, 5.74) is 24.3. The van der Waals surface area contributed by atoms with E-state index in [4.69, 9.17) is 4.42 Å². The van der Waals surface area contributed by atoms with Crippen LogP contribution in [0.4, 0.5) is 17.1 Å². The molecule has 0 N–H and O–H groups in total. The lowest BCUT2D eigenvalue weighted by atomic mass is 9.67. The second kappa shape index (κ2) is 17.0. The van der Waals surface area contributed by atoms with E-state index in [9.17, 15) is 0 Å². The summed E-state index contributed by atoms with van der Waals surface area (Å²) in [6, 6.07) is 101. The van der Waals surface area contributed by atoms with Gasteiger partial charge in [-0.1, -0.05) is 238 Å². The average molecular weight is 970 g/mol. The summed E-state index contributed by atoms with van der Waals surface area (Å²) in [4.78, 5) is 2.45. The van der Waals surface area contributed by atoms with Gasteiger partial charge in [-0.3, -0.25) is 0 Å². The first-order valence-electron chi connectivity index (χ1n) is 26.5. The third kappa shape index (κ3) is 6.47. The lowest BCUT2D eigenvalue weighted by Crippen LogP contribution is -2.28. The normalized spacial score (nSPS) is 14.9. The number of rotatable bonds is 8. The molecule has 0 aliphatic heterocycles. The van der Waals surface area contributed by atoms with Crippen molar-refractivity contribution in [3.05, 3.63) is 306 Å². The number of hydrogen-bond acceptors (Lipinski definition) is 2. The fourth-order valence-corrected chi connectivity index (χ4v) is 13.4. The Hall–Kier alpha value is -9.50. The Labute approximate surface area is 443 Å². The molecule has 0 fully saturated rings. The maximum atomic E-state index is 6.65. The van der Waals surface area contributed by atoms with Gasteiger partial charge in [-0.2, -0.15) is 0 Å². The minimum Gasteiger partial charge on any atom is -0.456 e. The maximum Gasteiger partial charge on any atom is 0.136 e. The Morgan fingerprint density at radius 1 is 0.316 bits per heavy atom. The van der Waals surface area contributed by atoms with Gasteiger partial charge in [0.25, 0.3) is 0 Å². The Morgan fingerprint density at radius 3 is 1.64 bits per heavy atom. The van der Waals surface area contributed by atoms with Crippen molar-refractivity contribution in [2.75, 3.05) is 4.90 Å². The van der Waals surface area contributed by atoms with Crippen LogP contribution in [0.1, 0.15) is 47.2 Å². The van der Waals surface area contributed by atoms with Crippen LogP contribution in [-0.4, -0.2) is 0 Å². The van der Waals surface area contributed by atoms with Gasteiger partial charge in [0.1, 0.15) is 11.2 Å². The van der Waals surface area contributed by atoms with Gasteiger partial charge >= 0.3 is 0 Å². The molecule has 0 amide bonds. The summed E-state index contributed by atoms with van der Waals surface area (Å²) < 4.78 is 6.65. The third-order valence-corrected chi connectivity index (χ3v) is 16.8. The highest BCUT2D eigenvalue weighted by atomic mass is 16.3. The molecule has 13 aromatic rings. The molecule has 2 aliphatic carbocycles. The van der Waals surface area contributed by atoms with E-state index in [2.05, 4.69) is 292 Å². The predicted molar refractivity (Wildman–Crippen MR) is 317 cm³/mol. The summed E-state index contributed by atoms with van der Waals surface area (Å²) in [6.45, 7) is 4.77. The molecular formula is C74H51NO. The number of fused-ring (bicyclic) bond motifs is 10. The Bertz CT molecular complexity index is 4410. The molecule has 0 radical (unpaired) electrons. The van der Waals surface area contributed by atoms with E-state index in [-0.39, 0.29) is 5.41 Å². The predicted octanol–water partition coefficient (Wildman–Crippen LogP) is 19.9. The molecule has 1 aromatic heterocycles. The number of anilines is 3. The lowest BCUT2D eigenvalue weighted by molar-refractivity contribution is 0.660. The zero-order chi connectivity index (χ0) is 50.5. The molecule has 1 atom stereocenters. The molecule has 2 aliphatic rings. The minimum absolute atomic E-state index is 0.244. The Morgan fingerprint density at radius 2 is 0.842 bits per heavy atom. The summed E-state index contributed by atoms with van der Waals surface area (Å²) >= 11 is 0. The Balaban J connectivity index is 0.945. The van der Waals surface area contributed by atoms with Crippen LogP contribution in [0.2, 0.25) is 0 Å². The van der Waals surface area contributed by atoms with E-state index < -0.39 is 5.41 Å². The molecule has 0 saturated carbocycles. The van der Waals surface area contributed by atoms with Crippen LogP contribution < -0.4 is 4.90 Å². The standard InChI is InChI=1S/C74H51NO/c1-73(2)65-35-17-30-57(49-20-6-3-7-21-49)70(65)62-44-42-55(47-67(62)73)75(54-43-45-68-63(46-54)72-58(31-19-37-69(72)76-68)50-22-8-4-9-23-50)53-40-38-52(39-41-53)74(51-26-10-5-11-27-51)64-34-15-14-29-61(64)71-60(33-18-36-66(71)74)59-32-16-25-48-24-12-13-28-56(48)59/h3-47H,1-2H3. The highest BCUT2D eigenvalue weighted by molar-refractivity contribution is 6.13. The largest absolute Gasteiger partial charge is 0.456 e. The van der Waals surface area contributed by atoms with Crippen molar-refractivity contribution in [2.24, 2.45) is 0 Å². The fourth-order valence-electron chi connectivity index (χ4n) is 13.4. The molecule has 0 saturated heterocycles. The van der Waals surface area contributed by atoms with Gasteiger partial charge in [-0.05, 0) is 148 Å². The van der Waals surface area contributed by atoms with E-state index in [1.54, 1.807) is 0 Å². The van der Waals surface area contributed by atoms with E-state index in [0.29, 0.717) is 0 Å². The molecular weight excluding hydrogens is 919 g/mol. The topological polar surface area (TPSA) is 16.4 Å². The van der Waals surface area contributed by atoms with Gasteiger partial charge in [-0.25, -0.2) is 0 Å². The average Bonchev–Trinajstić information content (AvgIpc) is 4.29. The summed E-state index contributed by atoms with van der Waals surface area (Å²) in [5.74, 6) is 0. The number of nitrogens with zero attached hydrogens (tertiary/aromatic N) is 1. The molecule has 76 heavy (non-hydrogen) atoms. The molecule has 12 aromatic carbocycles. The van der Waals surface area contributed by atoms with Crippen molar-refractivity contribution in [3.63, 3.8) is 0 Å². The fraction of sp³-hybridized carbons (Fsp3) is 0.0541. The third-order valence-electron chi connectivity index (χ3n) is 16.8.